The first kappa shape index (κ1) is 37.4. The molecule has 0 amide bonds. The highest BCUT2D eigenvalue weighted by molar-refractivity contribution is 9.09. The Morgan fingerprint density at radius 1 is 0.304 bits per heavy atom. The summed E-state index contributed by atoms with van der Waals surface area (Å²) in [5.41, 5.74) is 12.5. The number of alkyl halides is 4. The summed E-state index contributed by atoms with van der Waals surface area (Å²) in [6, 6.07) is 36.7. The zero-order valence-corrected chi connectivity index (χ0v) is 34.7. The minimum atomic E-state index is 0.316. The Hall–Kier alpha value is -1.46. The number of hydrogen-bond acceptors (Lipinski definition) is 0. The minimum absolute atomic E-state index is 0.316. The Balaban J connectivity index is 2.01. The lowest BCUT2D eigenvalue weighted by molar-refractivity contribution is 0.641. The smallest absolute Gasteiger partial charge is 0.0418 e. The molecular formula is C42H48Br4. The van der Waals surface area contributed by atoms with E-state index < -0.39 is 0 Å². The lowest BCUT2D eigenvalue weighted by Gasteiger charge is -2.22. The van der Waals surface area contributed by atoms with Crippen molar-refractivity contribution in [3.63, 3.8) is 0 Å². The lowest BCUT2D eigenvalue weighted by atomic mass is 9.84. The summed E-state index contributed by atoms with van der Waals surface area (Å²) in [4.78, 5) is 1.26. The SMILES string of the molecule is CC(C)C(Br)c1ccc(C(=C(c2ccc(C(Br)C(C)C)cc2)c2ccc(C(Br)C(C)C)cc2)c2ccc(C(Br)C(C)C)cc2)cc1. The van der Waals surface area contributed by atoms with Crippen molar-refractivity contribution in [2.45, 2.75) is 74.7 Å². The predicted octanol–water partition coefficient (Wildman–Crippen LogP) is 15.1. The molecule has 0 fully saturated rings. The molecule has 4 unspecified atom stereocenters. The van der Waals surface area contributed by atoms with Crippen LogP contribution in [0.4, 0.5) is 0 Å². The van der Waals surface area contributed by atoms with E-state index in [1.54, 1.807) is 0 Å². The largest absolute Gasteiger partial charge is 0.0836 e. The van der Waals surface area contributed by atoms with Crippen LogP contribution in [0, 0.1) is 23.7 Å². The molecule has 0 nitrogen and oxygen atoms in total. The topological polar surface area (TPSA) is 0 Å². The molecule has 244 valence electrons. The normalized spacial score (nSPS) is 14.5. The molecule has 0 radical (unpaired) electrons. The Morgan fingerprint density at radius 3 is 0.587 bits per heavy atom. The molecule has 4 aromatic rings. The van der Waals surface area contributed by atoms with Gasteiger partial charge >= 0.3 is 0 Å². The molecule has 4 aromatic carbocycles. The molecule has 0 bridgehead atoms. The molecule has 46 heavy (non-hydrogen) atoms. The molecule has 0 aliphatic rings. The second-order valence-corrected chi connectivity index (χ2v) is 17.8. The van der Waals surface area contributed by atoms with Crippen LogP contribution in [0.25, 0.3) is 11.1 Å². The van der Waals surface area contributed by atoms with E-state index in [0.717, 1.165) is 0 Å². The molecule has 0 aromatic heterocycles. The molecule has 4 atom stereocenters. The molecule has 0 spiro atoms. The predicted molar refractivity (Wildman–Crippen MR) is 217 cm³/mol. The van der Waals surface area contributed by atoms with Gasteiger partial charge < -0.3 is 0 Å². The molecule has 0 saturated heterocycles. The Morgan fingerprint density at radius 2 is 0.457 bits per heavy atom. The molecule has 0 aliphatic carbocycles. The van der Waals surface area contributed by atoms with Crippen molar-refractivity contribution in [2.75, 3.05) is 0 Å². The fraction of sp³-hybridized carbons (Fsp3) is 0.381. The van der Waals surface area contributed by atoms with Crippen LogP contribution in [0.15, 0.2) is 97.1 Å². The summed E-state index contributed by atoms with van der Waals surface area (Å²) >= 11 is 15.7. The summed E-state index contributed by atoms with van der Waals surface area (Å²) in [5.74, 6) is 2.03. The fourth-order valence-corrected chi connectivity index (χ4v) is 7.01. The number of benzene rings is 4. The van der Waals surface area contributed by atoms with Gasteiger partial charge in [0.15, 0.2) is 0 Å². The van der Waals surface area contributed by atoms with E-state index >= 15 is 0 Å². The summed E-state index contributed by atoms with van der Waals surface area (Å²) < 4.78 is 0. The van der Waals surface area contributed by atoms with Gasteiger partial charge in [0, 0.05) is 19.3 Å². The van der Waals surface area contributed by atoms with Crippen LogP contribution >= 0.6 is 63.7 Å². The second kappa shape index (κ2) is 16.8. The van der Waals surface area contributed by atoms with E-state index in [0.29, 0.717) is 43.0 Å². The van der Waals surface area contributed by atoms with Gasteiger partial charge in [0.25, 0.3) is 0 Å². The van der Waals surface area contributed by atoms with Crippen molar-refractivity contribution in [1.82, 2.24) is 0 Å². The van der Waals surface area contributed by atoms with E-state index in [4.69, 9.17) is 0 Å². The van der Waals surface area contributed by atoms with Crippen LogP contribution in [-0.2, 0) is 0 Å². The van der Waals surface area contributed by atoms with Gasteiger partial charge in [0.2, 0.25) is 0 Å². The first-order valence-electron chi connectivity index (χ1n) is 16.5. The van der Waals surface area contributed by atoms with E-state index in [2.05, 4.69) is 216 Å². The number of halogens is 4. The molecule has 0 saturated carbocycles. The van der Waals surface area contributed by atoms with Crippen molar-refractivity contribution < 1.29 is 0 Å². The van der Waals surface area contributed by atoms with Crippen LogP contribution in [-0.4, -0.2) is 0 Å². The Labute approximate surface area is 312 Å². The zero-order chi connectivity index (χ0) is 33.7. The molecule has 0 N–H and O–H groups in total. The van der Waals surface area contributed by atoms with Gasteiger partial charge in [-0.1, -0.05) is 216 Å². The van der Waals surface area contributed by atoms with E-state index in [1.807, 2.05) is 0 Å². The maximum atomic E-state index is 3.92. The second-order valence-electron chi connectivity index (χ2n) is 13.8. The first-order valence-corrected chi connectivity index (χ1v) is 20.2. The van der Waals surface area contributed by atoms with Crippen molar-refractivity contribution in [2.24, 2.45) is 23.7 Å². The van der Waals surface area contributed by atoms with Gasteiger partial charge in [-0.2, -0.15) is 0 Å². The van der Waals surface area contributed by atoms with Crippen LogP contribution in [0.5, 0.6) is 0 Å². The fourth-order valence-electron chi connectivity index (χ4n) is 5.78. The van der Waals surface area contributed by atoms with Crippen molar-refractivity contribution in [1.29, 1.82) is 0 Å². The van der Waals surface area contributed by atoms with Crippen LogP contribution in [0.1, 0.15) is 119 Å². The molecule has 0 heterocycles. The van der Waals surface area contributed by atoms with Gasteiger partial charge in [-0.05, 0) is 79.3 Å². The average Bonchev–Trinajstić information content (AvgIpc) is 3.06. The maximum absolute atomic E-state index is 3.92. The van der Waals surface area contributed by atoms with Crippen molar-refractivity contribution in [3.8, 4) is 0 Å². The average molecular weight is 872 g/mol. The minimum Gasteiger partial charge on any atom is -0.0836 e. The number of hydrogen-bond donors (Lipinski definition) is 0. The zero-order valence-electron chi connectivity index (χ0n) is 28.4. The third-order valence-electron chi connectivity index (χ3n) is 8.66. The summed E-state index contributed by atoms with van der Waals surface area (Å²) in [7, 11) is 0. The quantitative estimate of drug-likeness (QED) is 0.0983. The highest BCUT2D eigenvalue weighted by Gasteiger charge is 2.21. The van der Waals surface area contributed by atoms with E-state index in [-0.39, 0.29) is 0 Å². The highest BCUT2D eigenvalue weighted by Crippen LogP contribution is 2.41. The number of rotatable bonds is 12. The van der Waals surface area contributed by atoms with E-state index in [9.17, 15) is 0 Å². The summed E-state index contributed by atoms with van der Waals surface area (Å²) in [5, 5.41) is 0. The third kappa shape index (κ3) is 8.95. The van der Waals surface area contributed by atoms with Crippen LogP contribution in [0.2, 0.25) is 0 Å². The Bertz CT molecular complexity index is 1320. The van der Waals surface area contributed by atoms with E-state index in [1.165, 1.54) is 55.7 Å². The maximum Gasteiger partial charge on any atom is 0.0418 e. The van der Waals surface area contributed by atoms with Gasteiger partial charge in [-0.25, -0.2) is 0 Å². The molecule has 4 heteroatoms. The summed E-state index contributed by atoms with van der Waals surface area (Å²) in [6.07, 6.45) is 0. The third-order valence-corrected chi connectivity index (χ3v) is 15.0. The van der Waals surface area contributed by atoms with Crippen LogP contribution < -0.4 is 0 Å². The molecule has 0 aliphatic heterocycles. The molecular weight excluding hydrogens is 824 g/mol. The van der Waals surface area contributed by atoms with Crippen LogP contribution in [0.3, 0.4) is 0 Å². The van der Waals surface area contributed by atoms with Gasteiger partial charge in [0.1, 0.15) is 0 Å². The van der Waals surface area contributed by atoms with Crippen molar-refractivity contribution in [3.05, 3.63) is 142 Å². The highest BCUT2D eigenvalue weighted by atomic mass is 79.9. The standard InChI is InChI=1S/C42H48Br4/c1-25(2)39(43)33-17-9-29(10-18-33)37(30-11-19-34(20-12-30)40(44)26(3)4)38(31-13-21-35(22-14-31)41(45)27(5)6)32-15-23-36(24-16-32)42(46)28(7)8/h9-28,39-42H,1-8H3. The lowest BCUT2D eigenvalue weighted by Crippen LogP contribution is -2.03. The molecule has 4 rings (SSSR count). The van der Waals surface area contributed by atoms with Gasteiger partial charge in [-0.15, -0.1) is 0 Å². The van der Waals surface area contributed by atoms with Gasteiger partial charge in [-0.3, -0.25) is 0 Å². The monoisotopic (exact) mass is 868 g/mol. The Kier molecular flexibility index (Phi) is 13.6. The van der Waals surface area contributed by atoms with Crippen molar-refractivity contribution >= 4 is 74.9 Å². The summed E-state index contributed by atoms with van der Waals surface area (Å²) in [6.45, 7) is 18.1. The first-order chi connectivity index (χ1) is 21.8. The van der Waals surface area contributed by atoms with Gasteiger partial charge in [0.05, 0.1) is 0 Å².